The summed E-state index contributed by atoms with van der Waals surface area (Å²) in [5.74, 6) is 0. The van der Waals surface area contributed by atoms with E-state index in [2.05, 4.69) is 23.6 Å². The Bertz CT molecular complexity index is 627. The predicted octanol–water partition coefficient (Wildman–Crippen LogP) is 13.6. The SMILES string of the molecule is CCCCCCCCCCCCCCCCCOCCCN(CCCN)CCCCN(CCCN)CCCOCCCCCCCCCCCCCCCCC. The molecule has 0 rings (SSSR count). The fourth-order valence-corrected chi connectivity index (χ4v) is 8.11. The minimum absolute atomic E-state index is 0.778. The molecule has 0 bridgehead atoms. The summed E-state index contributed by atoms with van der Waals surface area (Å²) in [7, 11) is 0. The summed E-state index contributed by atoms with van der Waals surface area (Å²) in [6.45, 7) is 16.7. The highest BCUT2D eigenvalue weighted by Gasteiger charge is 2.08. The summed E-state index contributed by atoms with van der Waals surface area (Å²) in [6, 6.07) is 0. The molecule has 0 radical (unpaired) electrons. The van der Waals surface area contributed by atoms with Gasteiger partial charge < -0.3 is 30.7 Å². The second kappa shape index (κ2) is 50.9. The summed E-state index contributed by atoms with van der Waals surface area (Å²) < 4.78 is 12.1. The third-order valence-electron chi connectivity index (χ3n) is 11.9. The van der Waals surface area contributed by atoms with Crippen molar-refractivity contribution in [2.45, 2.75) is 245 Å². The maximum Gasteiger partial charge on any atom is 0.0478 e. The van der Waals surface area contributed by atoms with Gasteiger partial charge in [0.2, 0.25) is 0 Å². The Morgan fingerprint density at radius 2 is 0.464 bits per heavy atom. The molecule has 0 saturated carbocycles. The molecular weight excluding hydrogens is 689 g/mol. The molecule has 0 amide bonds. The van der Waals surface area contributed by atoms with E-state index in [0.29, 0.717) is 0 Å². The van der Waals surface area contributed by atoms with E-state index in [4.69, 9.17) is 20.9 Å². The molecule has 0 aliphatic rings. The number of hydrogen-bond donors (Lipinski definition) is 2. The van der Waals surface area contributed by atoms with Crippen LogP contribution in [0, 0.1) is 0 Å². The number of nitrogens with two attached hydrogens (primary N) is 2. The van der Waals surface area contributed by atoms with Crippen LogP contribution in [0.3, 0.4) is 0 Å². The van der Waals surface area contributed by atoms with Crippen LogP contribution in [0.5, 0.6) is 0 Å². The summed E-state index contributed by atoms with van der Waals surface area (Å²) in [5, 5.41) is 0. The maximum atomic E-state index is 6.03. The van der Waals surface area contributed by atoms with Crippen molar-refractivity contribution in [1.29, 1.82) is 0 Å². The number of rotatable bonds is 51. The van der Waals surface area contributed by atoms with Gasteiger partial charge in [-0.25, -0.2) is 0 Å². The van der Waals surface area contributed by atoms with E-state index in [1.165, 1.54) is 219 Å². The number of ether oxygens (including phenoxy) is 2. The monoisotopic (exact) mass is 795 g/mol. The van der Waals surface area contributed by atoms with Gasteiger partial charge in [-0.2, -0.15) is 0 Å². The lowest BCUT2D eigenvalue weighted by molar-refractivity contribution is 0.114. The van der Waals surface area contributed by atoms with Gasteiger partial charge in [-0.3, -0.25) is 0 Å². The third kappa shape index (κ3) is 46.4. The Balaban J connectivity index is 3.74. The van der Waals surface area contributed by atoms with E-state index in [9.17, 15) is 0 Å². The van der Waals surface area contributed by atoms with Crippen LogP contribution in [0.15, 0.2) is 0 Å². The second-order valence-electron chi connectivity index (χ2n) is 17.5. The molecule has 0 unspecified atom stereocenters. The normalized spacial score (nSPS) is 11.9. The average molecular weight is 795 g/mol. The Morgan fingerprint density at radius 1 is 0.250 bits per heavy atom. The quantitative estimate of drug-likeness (QED) is 0.0597. The maximum absolute atomic E-state index is 6.03. The molecule has 0 saturated heterocycles. The fraction of sp³-hybridized carbons (Fsp3) is 1.00. The molecule has 6 heteroatoms. The molecule has 0 heterocycles. The molecule has 338 valence electrons. The van der Waals surface area contributed by atoms with Gasteiger partial charge in [0, 0.05) is 39.5 Å². The van der Waals surface area contributed by atoms with Crippen molar-refractivity contribution in [2.75, 3.05) is 78.8 Å². The van der Waals surface area contributed by atoms with Gasteiger partial charge in [-0.15, -0.1) is 0 Å². The average Bonchev–Trinajstić information content (AvgIpc) is 3.21. The van der Waals surface area contributed by atoms with Crippen LogP contribution in [0.1, 0.15) is 245 Å². The van der Waals surface area contributed by atoms with Crippen molar-refractivity contribution < 1.29 is 9.47 Å². The number of nitrogens with zero attached hydrogens (tertiary/aromatic N) is 2. The lowest BCUT2D eigenvalue weighted by Gasteiger charge is -2.24. The zero-order valence-electron chi connectivity index (χ0n) is 38.8. The molecule has 0 aromatic carbocycles. The van der Waals surface area contributed by atoms with Gasteiger partial charge in [-0.05, 0) is 90.6 Å². The van der Waals surface area contributed by atoms with E-state index in [1.807, 2.05) is 0 Å². The topological polar surface area (TPSA) is 77.0 Å². The molecule has 0 aromatic rings. The Morgan fingerprint density at radius 3 is 0.732 bits per heavy atom. The summed E-state index contributed by atoms with van der Waals surface area (Å²) in [4.78, 5) is 5.25. The van der Waals surface area contributed by atoms with E-state index in [-0.39, 0.29) is 0 Å². The van der Waals surface area contributed by atoms with Crippen molar-refractivity contribution in [2.24, 2.45) is 11.5 Å². The van der Waals surface area contributed by atoms with Crippen LogP contribution in [-0.2, 0) is 9.47 Å². The predicted molar refractivity (Wildman–Crippen MR) is 250 cm³/mol. The van der Waals surface area contributed by atoms with Crippen LogP contribution >= 0.6 is 0 Å². The zero-order chi connectivity index (χ0) is 40.5. The Labute approximate surface area is 353 Å². The number of unbranched alkanes of at least 4 members (excludes halogenated alkanes) is 29. The van der Waals surface area contributed by atoms with Gasteiger partial charge in [0.15, 0.2) is 0 Å². The Hall–Kier alpha value is -0.240. The van der Waals surface area contributed by atoms with E-state index in [0.717, 1.165) is 91.4 Å². The Kier molecular flexibility index (Phi) is 50.7. The molecule has 6 nitrogen and oxygen atoms in total. The molecule has 4 N–H and O–H groups in total. The third-order valence-corrected chi connectivity index (χ3v) is 11.9. The first-order valence-corrected chi connectivity index (χ1v) is 25.8. The highest BCUT2D eigenvalue weighted by atomic mass is 16.5. The highest BCUT2D eigenvalue weighted by molar-refractivity contribution is 4.63. The lowest BCUT2D eigenvalue weighted by atomic mass is 10.0. The largest absolute Gasteiger partial charge is 0.381 e. The molecule has 0 aromatic heterocycles. The van der Waals surface area contributed by atoms with Crippen LogP contribution in [0.25, 0.3) is 0 Å². The fourth-order valence-electron chi connectivity index (χ4n) is 8.11. The van der Waals surface area contributed by atoms with Crippen molar-refractivity contribution >= 4 is 0 Å². The van der Waals surface area contributed by atoms with Crippen LogP contribution in [-0.4, -0.2) is 88.6 Å². The van der Waals surface area contributed by atoms with Crippen LogP contribution in [0.4, 0.5) is 0 Å². The van der Waals surface area contributed by atoms with Crippen molar-refractivity contribution in [1.82, 2.24) is 9.80 Å². The van der Waals surface area contributed by atoms with Gasteiger partial charge >= 0.3 is 0 Å². The zero-order valence-corrected chi connectivity index (χ0v) is 38.8. The first kappa shape index (κ1) is 55.8. The van der Waals surface area contributed by atoms with Gasteiger partial charge in [0.1, 0.15) is 0 Å². The highest BCUT2D eigenvalue weighted by Crippen LogP contribution is 2.15. The van der Waals surface area contributed by atoms with Crippen LogP contribution < -0.4 is 11.5 Å². The summed E-state index contributed by atoms with van der Waals surface area (Å²) in [5.41, 5.74) is 11.8. The molecular formula is C50H106N4O2. The summed E-state index contributed by atoms with van der Waals surface area (Å²) in [6.07, 6.45) is 49.3. The van der Waals surface area contributed by atoms with Crippen molar-refractivity contribution in [3.63, 3.8) is 0 Å². The lowest BCUT2D eigenvalue weighted by Crippen LogP contribution is -2.32. The van der Waals surface area contributed by atoms with Gasteiger partial charge in [0.25, 0.3) is 0 Å². The molecule has 0 atom stereocenters. The molecule has 0 aliphatic heterocycles. The second-order valence-corrected chi connectivity index (χ2v) is 17.5. The molecule has 0 fully saturated rings. The van der Waals surface area contributed by atoms with Gasteiger partial charge in [-0.1, -0.05) is 194 Å². The van der Waals surface area contributed by atoms with Crippen LogP contribution in [0.2, 0.25) is 0 Å². The van der Waals surface area contributed by atoms with Crippen molar-refractivity contribution in [3.8, 4) is 0 Å². The molecule has 56 heavy (non-hydrogen) atoms. The van der Waals surface area contributed by atoms with Crippen molar-refractivity contribution in [3.05, 3.63) is 0 Å². The smallest absolute Gasteiger partial charge is 0.0478 e. The molecule has 0 aliphatic carbocycles. The molecule has 0 spiro atoms. The van der Waals surface area contributed by atoms with E-state index in [1.54, 1.807) is 0 Å². The number of hydrogen-bond acceptors (Lipinski definition) is 6. The minimum atomic E-state index is 0.778. The minimum Gasteiger partial charge on any atom is -0.381 e. The first-order valence-electron chi connectivity index (χ1n) is 25.8. The first-order chi connectivity index (χ1) is 27.8. The van der Waals surface area contributed by atoms with Gasteiger partial charge in [0.05, 0.1) is 0 Å². The summed E-state index contributed by atoms with van der Waals surface area (Å²) >= 11 is 0. The standard InChI is InChI=1S/C50H106N4O2/c1-3-5-7-9-11-13-15-17-19-21-23-25-27-29-33-47-55-49-37-45-53(43-35-39-51)41-31-32-42-54(44-36-40-52)46-38-50-56-48-34-30-28-26-24-22-20-18-16-14-12-10-8-6-4-2/h3-52H2,1-2H3. The van der Waals surface area contributed by atoms with E-state index >= 15 is 0 Å². The van der Waals surface area contributed by atoms with E-state index < -0.39 is 0 Å².